The van der Waals surface area contributed by atoms with Crippen molar-refractivity contribution in [2.24, 2.45) is 0 Å². The summed E-state index contributed by atoms with van der Waals surface area (Å²) in [4.78, 5) is 23.3. The second kappa shape index (κ2) is 10.9. The number of hydrogen-bond acceptors (Lipinski definition) is 2. The third-order valence-electron chi connectivity index (χ3n) is 3.28. The highest BCUT2D eigenvalue weighted by molar-refractivity contribution is 5.94. The molecule has 0 unspecified atom stereocenters. The van der Waals surface area contributed by atoms with Crippen molar-refractivity contribution in [1.29, 1.82) is 0 Å². The summed E-state index contributed by atoms with van der Waals surface area (Å²) in [6.45, 7) is 3.29. The summed E-state index contributed by atoms with van der Waals surface area (Å²) in [6, 6.07) is 9.02. The molecule has 0 aliphatic carbocycles. The van der Waals surface area contributed by atoms with Gasteiger partial charge in [-0.25, -0.2) is 0 Å². The van der Waals surface area contributed by atoms with Gasteiger partial charge in [0.05, 0.1) is 0 Å². The lowest BCUT2D eigenvalue weighted by Gasteiger charge is -2.07. The molecule has 0 spiro atoms. The minimum atomic E-state index is -0.136. The zero-order valence-electron chi connectivity index (χ0n) is 12.9. The lowest BCUT2D eigenvalue weighted by molar-refractivity contribution is -0.120. The Kier molecular flexibility index (Phi) is 8.93. The third kappa shape index (κ3) is 8.12. The monoisotopic (exact) mass is 290 g/mol. The van der Waals surface area contributed by atoms with E-state index in [0.29, 0.717) is 18.5 Å². The molecule has 0 fully saturated rings. The maximum atomic E-state index is 11.7. The minimum Gasteiger partial charge on any atom is -0.356 e. The minimum absolute atomic E-state index is 0.00106. The van der Waals surface area contributed by atoms with E-state index in [2.05, 4.69) is 17.6 Å². The summed E-state index contributed by atoms with van der Waals surface area (Å²) >= 11 is 0. The van der Waals surface area contributed by atoms with Gasteiger partial charge in [-0.1, -0.05) is 50.8 Å². The lowest BCUT2D eigenvalue weighted by atomic mass is 10.1. The first kappa shape index (κ1) is 17.2. The van der Waals surface area contributed by atoms with Crippen LogP contribution in [0.4, 0.5) is 0 Å². The molecule has 0 aliphatic rings. The van der Waals surface area contributed by atoms with Crippen LogP contribution in [0.1, 0.15) is 55.8 Å². The number of amides is 2. The van der Waals surface area contributed by atoms with Gasteiger partial charge in [0.1, 0.15) is 0 Å². The van der Waals surface area contributed by atoms with Crippen LogP contribution in [0.25, 0.3) is 0 Å². The maximum absolute atomic E-state index is 11.7. The molecule has 0 bridgehead atoms. The van der Waals surface area contributed by atoms with Gasteiger partial charge in [-0.05, 0) is 18.6 Å². The standard InChI is InChI=1S/C17H26N2O2/c1-2-3-4-5-9-13-18-16(20)12-14-19-17(21)15-10-7-6-8-11-15/h6-8,10-11H,2-5,9,12-14H2,1H3,(H,18,20)(H,19,21). The van der Waals surface area contributed by atoms with E-state index in [1.807, 2.05) is 18.2 Å². The summed E-state index contributed by atoms with van der Waals surface area (Å²) in [6.07, 6.45) is 6.25. The molecule has 0 saturated carbocycles. The second-order valence-corrected chi connectivity index (χ2v) is 5.14. The van der Waals surface area contributed by atoms with Crippen molar-refractivity contribution in [3.8, 4) is 0 Å². The van der Waals surface area contributed by atoms with Gasteiger partial charge in [0.25, 0.3) is 5.91 Å². The number of rotatable bonds is 10. The quantitative estimate of drug-likeness (QED) is 0.651. The summed E-state index contributed by atoms with van der Waals surface area (Å²) in [5.74, 6) is -0.137. The molecular weight excluding hydrogens is 264 g/mol. The Morgan fingerprint density at radius 1 is 0.905 bits per heavy atom. The van der Waals surface area contributed by atoms with E-state index in [4.69, 9.17) is 0 Å². The summed E-state index contributed by atoms with van der Waals surface area (Å²) in [7, 11) is 0. The average molecular weight is 290 g/mol. The Hall–Kier alpha value is -1.84. The van der Waals surface area contributed by atoms with Crippen LogP contribution in [0.15, 0.2) is 30.3 Å². The number of carbonyl (C=O) groups excluding carboxylic acids is 2. The van der Waals surface area contributed by atoms with Crippen LogP contribution in [0.3, 0.4) is 0 Å². The van der Waals surface area contributed by atoms with Crippen LogP contribution >= 0.6 is 0 Å². The number of hydrogen-bond donors (Lipinski definition) is 2. The van der Waals surface area contributed by atoms with E-state index in [9.17, 15) is 9.59 Å². The van der Waals surface area contributed by atoms with Crippen molar-refractivity contribution in [3.63, 3.8) is 0 Å². The largest absolute Gasteiger partial charge is 0.356 e. The highest BCUT2D eigenvalue weighted by atomic mass is 16.2. The smallest absolute Gasteiger partial charge is 0.251 e. The Labute approximate surface area is 127 Å². The molecule has 2 N–H and O–H groups in total. The number of unbranched alkanes of at least 4 members (excludes halogenated alkanes) is 4. The SMILES string of the molecule is CCCCCCCNC(=O)CCNC(=O)c1ccccc1. The predicted octanol–water partition coefficient (Wildman–Crippen LogP) is 2.89. The van der Waals surface area contributed by atoms with Crippen molar-refractivity contribution in [1.82, 2.24) is 10.6 Å². The fraction of sp³-hybridized carbons (Fsp3) is 0.529. The normalized spacial score (nSPS) is 10.1. The molecule has 0 heterocycles. The van der Waals surface area contributed by atoms with Crippen molar-refractivity contribution < 1.29 is 9.59 Å². The molecule has 116 valence electrons. The van der Waals surface area contributed by atoms with E-state index in [1.165, 1.54) is 25.7 Å². The van der Waals surface area contributed by atoms with Crippen LogP contribution in [-0.2, 0) is 4.79 Å². The fourth-order valence-electron chi connectivity index (χ4n) is 2.03. The first-order chi connectivity index (χ1) is 10.2. The first-order valence-electron chi connectivity index (χ1n) is 7.84. The van der Waals surface area contributed by atoms with Gasteiger partial charge in [0.2, 0.25) is 5.91 Å². The molecule has 4 heteroatoms. The van der Waals surface area contributed by atoms with Gasteiger partial charge in [0.15, 0.2) is 0 Å². The van der Waals surface area contributed by atoms with E-state index in [-0.39, 0.29) is 11.8 Å². The van der Waals surface area contributed by atoms with Crippen LogP contribution in [0.2, 0.25) is 0 Å². The van der Waals surface area contributed by atoms with E-state index in [1.54, 1.807) is 12.1 Å². The molecular formula is C17H26N2O2. The molecule has 4 nitrogen and oxygen atoms in total. The fourth-order valence-corrected chi connectivity index (χ4v) is 2.03. The second-order valence-electron chi connectivity index (χ2n) is 5.14. The van der Waals surface area contributed by atoms with Crippen LogP contribution in [-0.4, -0.2) is 24.9 Å². The Bertz CT molecular complexity index is 418. The zero-order chi connectivity index (χ0) is 15.3. The summed E-state index contributed by atoms with van der Waals surface area (Å²) in [5.41, 5.74) is 0.619. The van der Waals surface area contributed by atoms with Gasteiger partial charge < -0.3 is 10.6 Å². The predicted molar refractivity (Wildman–Crippen MR) is 85.2 cm³/mol. The molecule has 2 amide bonds. The number of nitrogens with one attached hydrogen (secondary N) is 2. The summed E-state index contributed by atoms with van der Waals surface area (Å²) < 4.78 is 0. The van der Waals surface area contributed by atoms with E-state index in [0.717, 1.165) is 13.0 Å². The van der Waals surface area contributed by atoms with Crippen molar-refractivity contribution in [3.05, 3.63) is 35.9 Å². The Balaban J connectivity index is 2.04. The third-order valence-corrected chi connectivity index (χ3v) is 3.28. The molecule has 1 aromatic rings. The van der Waals surface area contributed by atoms with Gasteiger partial charge in [-0.15, -0.1) is 0 Å². The molecule has 0 aliphatic heterocycles. The lowest BCUT2D eigenvalue weighted by Crippen LogP contribution is -2.31. The molecule has 21 heavy (non-hydrogen) atoms. The van der Waals surface area contributed by atoms with E-state index >= 15 is 0 Å². The van der Waals surface area contributed by atoms with Crippen molar-refractivity contribution in [2.45, 2.75) is 45.4 Å². The van der Waals surface area contributed by atoms with Crippen LogP contribution < -0.4 is 10.6 Å². The van der Waals surface area contributed by atoms with Crippen molar-refractivity contribution >= 4 is 11.8 Å². The number of benzene rings is 1. The zero-order valence-corrected chi connectivity index (χ0v) is 12.9. The van der Waals surface area contributed by atoms with Gasteiger partial charge in [0, 0.05) is 25.1 Å². The molecule has 1 aromatic carbocycles. The van der Waals surface area contributed by atoms with Gasteiger partial charge in [-0.2, -0.15) is 0 Å². The average Bonchev–Trinajstić information content (AvgIpc) is 2.51. The Morgan fingerprint density at radius 3 is 2.33 bits per heavy atom. The highest BCUT2D eigenvalue weighted by Crippen LogP contribution is 2.01. The van der Waals surface area contributed by atoms with Gasteiger partial charge >= 0.3 is 0 Å². The molecule has 1 rings (SSSR count). The molecule has 0 aromatic heterocycles. The Morgan fingerprint density at radius 2 is 1.62 bits per heavy atom. The number of carbonyl (C=O) groups is 2. The van der Waals surface area contributed by atoms with Crippen LogP contribution in [0.5, 0.6) is 0 Å². The first-order valence-corrected chi connectivity index (χ1v) is 7.84. The molecule has 0 atom stereocenters. The van der Waals surface area contributed by atoms with Gasteiger partial charge in [-0.3, -0.25) is 9.59 Å². The van der Waals surface area contributed by atoms with E-state index < -0.39 is 0 Å². The van der Waals surface area contributed by atoms with Crippen LogP contribution in [0, 0.1) is 0 Å². The maximum Gasteiger partial charge on any atom is 0.251 e. The summed E-state index contributed by atoms with van der Waals surface area (Å²) in [5, 5.41) is 5.63. The molecule has 0 saturated heterocycles. The van der Waals surface area contributed by atoms with Crippen molar-refractivity contribution in [2.75, 3.05) is 13.1 Å². The molecule has 0 radical (unpaired) electrons. The topological polar surface area (TPSA) is 58.2 Å². The highest BCUT2D eigenvalue weighted by Gasteiger charge is 2.05.